The lowest BCUT2D eigenvalue weighted by Crippen LogP contribution is -2.28. The van der Waals surface area contributed by atoms with Gasteiger partial charge in [-0.15, -0.1) is 0 Å². The number of fused-ring (bicyclic) bond motifs is 1. The Morgan fingerprint density at radius 3 is 2.63 bits per heavy atom. The van der Waals surface area contributed by atoms with Crippen LogP contribution in [0.1, 0.15) is 27.9 Å². The van der Waals surface area contributed by atoms with E-state index in [0.717, 1.165) is 11.8 Å². The van der Waals surface area contributed by atoms with Crippen molar-refractivity contribution in [3.05, 3.63) is 80.3 Å². The topological polar surface area (TPSA) is 79.0 Å². The smallest absolute Gasteiger partial charge is 0.257 e. The van der Waals surface area contributed by atoms with Crippen molar-refractivity contribution in [1.82, 2.24) is 10.3 Å². The molecular formula is C20H16ClFN2O3. The molecule has 3 rings (SSSR count). The predicted molar refractivity (Wildman–Crippen MR) is 102 cm³/mol. The van der Waals surface area contributed by atoms with Crippen LogP contribution >= 0.6 is 11.6 Å². The lowest BCUT2D eigenvalue weighted by Gasteiger charge is -2.08. The van der Waals surface area contributed by atoms with Crippen LogP contribution in [0.25, 0.3) is 10.9 Å². The van der Waals surface area contributed by atoms with Crippen LogP contribution in [-0.2, 0) is 17.8 Å². The zero-order valence-electron chi connectivity index (χ0n) is 14.2. The normalized spacial score (nSPS) is 10.7. The summed E-state index contributed by atoms with van der Waals surface area (Å²) in [7, 11) is 0. The van der Waals surface area contributed by atoms with E-state index in [-0.39, 0.29) is 29.4 Å². The van der Waals surface area contributed by atoms with Crippen LogP contribution in [0.2, 0.25) is 5.02 Å². The summed E-state index contributed by atoms with van der Waals surface area (Å²) in [6.07, 6.45) is 2.48. The van der Waals surface area contributed by atoms with Gasteiger partial charge >= 0.3 is 0 Å². The van der Waals surface area contributed by atoms with Crippen molar-refractivity contribution < 1.29 is 14.0 Å². The molecule has 0 atom stereocenters. The van der Waals surface area contributed by atoms with E-state index in [0.29, 0.717) is 17.0 Å². The first-order valence-electron chi connectivity index (χ1n) is 8.29. The van der Waals surface area contributed by atoms with Gasteiger partial charge in [-0.1, -0.05) is 23.7 Å². The first-order valence-corrected chi connectivity index (χ1v) is 8.67. The van der Waals surface area contributed by atoms with Crippen molar-refractivity contribution in [3.8, 4) is 0 Å². The second-order valence-electron chi connectivity index (χ2n) is 6.05. The lowest BCUT2D eigenvalue weighted by atomic mass is 10.0. The highest BCUT2D eigenvalue weighted by Gasteiger charge is 2.15. The van der Waals surface area contributed by atoms with E-state index >= 15 is 0 Å². The molecule has 2 aromatic carbocycles. The van der Waals surface area contributed by atoms with Crippen LogP contribution in [0.15, 0.2) is 47.4 Å². The Balaban J connectivity index is 1.88. The third-order valence-electron chi connectivity index (χ3n) is 4.16. The van der Waals surface area contributed by atoms with Gasteiger partial charge in [0.25, 0.3) is 5.91 Å². The van der Waals surface area contributed by atoms with Crippen molar-refractivity contribution in [2.45, 2.75) is 19.4 Å². The summed E-state index contributed by atoms with van der Waals surface area (Å²) in [5, 5.41) is 3.33. The van der Waals surface area contributed by atoms with Gasteiger partial charge in [0, 0.05) is 29.6 Å². The number of aldehydes is 1. The van der Waals surface area contributed by atoms with Gasteiger partial charge in [-0.25, -0.2) is 4.39 Å². The summed E-state index contributed by atoms with van der Waals surface area (Å²) in [6, 6.07) is 9.73. The summed E-state index contributed by atoms with van der Waals surface area (Å²) in [5.74, 6) is -1.16. The predicted octanol–water partition coefficient (Wildman–Crippen LogP) is 3.38. The van der Waals surface area contributed by atoms with Crippen molar-refractivity contribution >= 4 is 34.7 Å². The minimum atomic E-state index is -0.598. The number of carbonyl (C=O) groups excluding carboxylic acids is 2. The maximum Gasteiger partial charge on any atom is 0.257 e. The summed E-state index contributed by atoms with van der Waals surface area (Å²) < 4.78 is 14.2. The Morgan fingerprint density at radius 1 is 1.19 bits per heavy atom. The van der Waals surface area contributed by atoms with Crippen molar-refractivity contribution in [2.24, 2.45) is 0 Å². The van der Waals surface area contributed by atoms with E-state index in [1.54, 1.807) is 24.3 Å². The summed E-state index contributed by atoms with van der Waals surface area (Å²) in [5.41, 5.74) is 0.709. The van der Waals surface area contributed by atoms with Crippen LogP contribution in [-0.4, -0.2) is 17.2 Å². The van der Waals surface area contributed by atoms with Crippen molar-refractivity contribution in [3.63, 3.8) is 0 Å². The van der Waals surface area contributed by atoms with Crippen molar-refractivity contribution in [1.29, 1.82) is 0 Å². The summed E-state index contributed by atoms with van der Waals surface area (Å²) in [6.45, 7) is 0.223. The number of nitrogens with one attached hydrogen (secondary N) is 2. The van der Waals surface area contributed by atoms with Crippen LogP contribution in [0, 0.1) is 5.82 Å². The lowest BCUT2D eigenvalue weighted by molar-refractivity contribution is -0.107. The van der Waals surface area contributed by atoms with Crippen LogP contribution in [0.5, 0.6) is 0 Å². The van der Waals surface area contributed by atoms with E-state index < -0.39 is 17.2 Å². The highest BCUT2D eigenvalue weighted by Crippen LogP contribution is 2.17. The molecule has 3 aromatic rings. The highest BCUT2D eigenvalue weighted by atomic mass is 35.5. The average Bonchev–Trinajstić information content (AvgIpc) is 2.66. The molecule has 0 saturated heterocycles. The Labute approximate surface area is 159 Å². The highest BCUT2D eigenvalue weighted by molar-refractivity contribution is 6.30. The number of benzene rings is 2. The largest absolute Gasteiger partial charge is 0.358 e. The number of H-pyrrole nitrogens is 1. The molecule has 0 radical (unpaired) electrons. The number of aryl methyl sites for hydroxylation is 1. The van der Waals surface area contributed by atoms with E-state index in [1.807, 2.05) is 0 Å². The molecule has 27 heavy (non-hydrogen) atoms. The molecule has 1 amide bonds. The Kier molecular flexibility index (Phi) is 5.66. The van der Waals surface area contributed by atoms with E-state index in [4.69, 9.17) is 11.6 Å². The fraction of sp³-hybridized carbons (Fsp3) is 0.150. The number of aromatic amines is 1. The number of carbonyl (C=O) groups is 2. The second-order valence-corrected chi connectivity index (χ2v) is 6.48. The number of hydrogen-bond acceptors (Lipinski definition) is 3. The third kappa shape index (κ3) is 4.23. The fourth-order valence-electron chi connectivity index (χ4n) is 2.76. The number of hydrogen-bond donors (Lipinski definition) is 2. The number of aromatic nitrogens is 1. The molecule has 0 fully saturated rings. The fourth-order valence-corrected chi connectivity index (χ4v) is 2.89. The van der Waals surface area contributed by atoms with Crippen LogP contribution in [0.4, 0.5) is 4.39 Å². The Morgan fingerprint density at radius 2 is 1.93 bits per heavy atom. The standard InChI is InChI=1S/C20H16ClFN2O3/c21-14-5-3-12(4-6-14)10-24-20(27)16-11-23-18-15(19(16)26)8-13(2-1-7-25)9-17(18)22/h3-9,11H,1-2,10H2,(H,23,26)(H,24,27). The van der Waals surface area contributed by atoms with Crippen LogP contribution < -0.4 is 10.7 Å². The van der Waals surface area contributed by atoms with Gasteiger partial charge in [0.2, 0.25) is 5.43 Å². The molecular weight excluding hydrogens is 371 g/mol. The maximum absolute atomic E-state index is 14.2. The first-order chi connectivity index (χ1) is 13.0. The quantitative estimate of drug-likeness (QED) is 0.637. The zero-order valence-corrected chi connectivity index (χ0v) is 15.0. The van der Waals surface area contributed by atoms with Crippen molar-refractivity contribution in [2.75, 3.05) is 0 Å². The number of halogens is 2. The number of pyridine rings is 1. The van der Waals surface area contributed by atoms with E-state index in [2.05, 4.69) is 10.3 Å². The third-order valence-corrected chi connectivity index (χ3v) is 4.41. The summed E-state index contributed by atoms with van der Waals surface area (Å²) in [4.78, 5) is 38.3. The molecule has 2 N–H and O–H groups in total. The first kappa shape index (κ1) is 18.8. The molecule has 138 valence electrons. The minimum absolute atomic E-state index is 0.0316. The molecule has 0 aliphatic carbocycles. The monoisotopic (exact) mass is 386 g/mol. The number of amides is 1. The number of rotatable bonds is 6. The molecule has 0 aliphatic heterocycles. The molecule has 0 spiro atoms. The Bertz CT molecular complexity index is 1060. The second kappa shape index (κ2) is 8.14. The van der Waals surface area contributed by atoms with Gasteiger partial charge in [-0.2, -0.15) is 0 Å². The molecule has 0 aliphatic rings. The molecule has 1 heterocycles. The molecule has 0 saturated carbocycles. The van der Waals surface area contributed by atoms with Crippen LogP contribution in [0.3, 0.4) is 0 Å². The Hall–Kier alpha value is -2.99. The molecule has 0 bridgehead atoms. The van der Waals surface area contributed by atoms with E-state index in [1.165, 1.54) is 18.3 Å². The molecule has 1 aromatic heterocycles. The molecule has 7 heteroatoms. The van der Waals surface area contributed by atoms with Gasteiger partial charge < -0.3 is 15.1 Å². The van der Waals surface area contributed by atoms with Gasteiger partial charge in [0.15, 0.2) is 0 Å². The minimum Gasteiger partial charge on any atom is -0.358 e. The van der Waals surface area contributed by atoms with Gasteiger partial charge in [0.1, 0.15) is 17.7 Å². The zero-order chi connectivity index (χ0) is 19.4. The molecule has 0 unspecified atom stereocenters. The maximum atomic E-state index is 14.2. The van der Waals surface area contributed by atoms with Gasteiger partial charge in [-0.05, 0) is 41.8 Å². The molecule has 5 nitrogen and oxygen atoms in total. The average molecular weight is 387 g/mol. The van der Waals surface area contributed by atoms with E-state index in [9.17, 15) is 18.8 Å². The van der Waals surface area contributed by atoms with Gasteiger partial charge in [-0.3, -0.25) is 9.59 Å². The SMILES string of the molecule is O=CCCc1cc(F)c2[nH]cc(C(=O)NCc3ccc(Cl)cc3)c(=O)c2c1. The van der Waals surface area contributed by atoms with Gasteiger partial charge in [0.05, 0.1) is 5.52 Å². The summed E-state index contributed by atoms with van der Waals surface area (Å²) >= 11 is 5.82.